The molecule has 9 nitrogen and oxygen atoms in total. The molecular formula is C30H46N4O5S. The number of likely N-dealkylation sites (N-methyl/N-ethyl adjacent to an activating group) is 1. The molecule has 2 atom stereocenters. The zero-order chi connectivity index (χ0) is 29.9. The Kier molecular flexibility index (Phi) is 12.8. The Balaban J connectivity index is 2.52. The lowest BCUT2D eigenvalue weighted by atomic mass is 9.91. The van der Waals surface area contributed by atoms with E-state index in [1.54, 1.807) is 25.2 Å². The zero-order valence-corrected chi connectivity index (χ0v) is 25.4. The molecule has 0 heterocycles. The number of aliphatic hydroxyl groups excluding tert-OH is 1. The Hall–Kier alpha value is -2.79. The Morgan fingerprint density at radius 2 is 1.55 bits per heavy atom. The van der Waals surface area contributed by atoms with Crippen molar-refractivity contribution in [2.75, 3.05) is 26.7 Å². The summed E-state index contributed by atoms with van der Waals surface area (Å²) in [5, 5.41) is 15.7. The highest BCUT2D eigenvalue weighted by atomic mass is 32.2. The van der Waals surface area contributed by atoms with Crippen LogP contribution in [-0.2, 0) is 26.0 Å². The second-order valence-corrected chi connectivity index (χ2v) is 13.7. The molecule has 0 fully saturated rings. The predicted octanol–water partition coefficient (Wildman–Crippen LogP) is 3.21. The first kappa shape index (κ1) is 33.4. The molecule has 2 aromatic carbocycles. The van der Waals surface area contributed by atoms with Gasteiger partial charge in [-0.25, -0.2) is 13.4 Å². The fourth-order valence-corrected chi connectivity index (χ4v) is 5.74. The first-order chi connectivity index (χ1) is 18.7. The first-order valence-electron chi connectivity index (χ1n) is 13.8. The molecule has 0 bridgehead atoms. The minimum Gasteiger partial charge on any atom is -0.390 e. The van der Waals surface area contributed by atoms with E-state index in [0.29, 0.717) is 6.42 Å². The number of hydrogen-bond donors (Lipinski definition) is 3. The van der Waals surface area contributed by atoms with Crippen LogP contribution in [0.4, 0.5) is 0 Å². The van der Waals surface area contributed by atoms with Crippen LogP contribution < -0.4 is 10.7 Å². The Labute approximate surface area is 240 Å². The molecule has 0 saturated heterocycles. The topological polar surface area (TPSA) is 119 Å². The van der Waals surface area contributed by atoms with Gasteiger partial charge in [0.2, 0.25) is 15.9 Å². The number of aliphatic hydroxyl groups is 1. The average Bonchev–Trinajstić information content (AvgIpc) is 2.88. The molecular weight excluding hydrogens is 528 g/mol. The van der Waals surface area contributed by atoms with Gasteiger partial charge in [-0.05, 0) is 48.9 Å². The van der Waals surface area contributed by atoms with Gasteiger partial charge < -0.3 is 10.4 Å². The van der Waals surface area contributed by atoms with E-state index in [2.05, 4.69) is 10.7 Å². The number of carbonyl (C=O) groups is 2. The summed E-state index contributed by atoms with van der Waals surface area (Å²) in [6.45, 7) is 9.69. The summed E-state index contributed by atoms with van der Waals surface area (Å²) in [5.74, 6) is -0.573. The molecule has 0 radical (unpaired) electrons. The van der Waals surface area contributed by atoms with Gasteiger partial charge in [-0.15, -0.1) is 0 Å². The molecule has 0 aliphatic rings. The van der Waals surface area contributed by atoms with E-state index >= 15 is 0 Å². The van der Waals surface area contributed by atoms with Crippen molar-refractivity contribution in [1.82, 2.24) is 20.1 Å². The summed E-state index contributed by atoms with van der Waals surface area (Å²) in [5.41, 5.74) is 3.14. The van der Waals surface area contributed by atoms with Crippen LogP contribution in [0.3, 0.4) is 0 Å². The van der Waals surface area contributed by atoms with Crippen LogP contribution in [0.25, 0.3) is 0 Å². The standard InChI is InChI=1S/C30H46N4O5S/c1-23(2)17-18-33(40(38,39)25-15-11-8-12-16-25)22-27(35)26(19-24-13-9-7-10-14-24)34(32-28(36)21-31-6)29(37)20-30(3,4)5/h7-16,23,26-27,31,35H,17-22H2,1-6H3,(H,32,36)/t26-,27+/m0/s1. The van der Waals surface area contributed by atoms with Gasteiger partial charge in [0.25, 0.3) is 5.91 Å². The normalized spacial score (nSPS) is 13.7. The summed E-state index contributed by atoms with van der Waals surface area (Å²) in [6, 6.07) is 16.5. The number of nitrogens with one attached hydrogen (secondary N) is 2. The zero-order valence-electron chi connectivity index (χ0n) is 24.6. The van der Waals surface area contributed by atoms with Gasteiger partial charge in [0.15, 0.2) is 0 Å². The lowest BCUT2D eigenvalue weighted by Crippen LogP contribution is -2.60. The van der Waals surface area contributed by atoms with Crippen LogP contribution in [0.2, 0.25) is 0 Å². The van der Waals surface area contributed by atoms with Crippen LogP contribution in [0.5, 0.6) is 0 Å². The van der Waals surface area contributed by atoms with Crippen LogP contribution in [-0.4, -0.2) is 73.5 Å². The number of amides is 2. The molecule has 2 aromatic rings. The van der Waals surface area contributed by atoms with Crippen LogP contribution in [0.1, 0.15) is 53.0 Å². The lowest BCUT2D eigenvalue weighted by Gasteiger charge is -2.38. The van der Waals surface area contributed by atoms with Crippen LogP contribution in [0.15, 0.2) is 65.6 Å². The molecule has 222 valence electrons. The third-order valence-electron chi connectivity index (χ3n) is 6.32. The monoisotopic (exact) mass is 574 g/mol. The van der Waals surface area contributed by atoms with Gasteiger partial charge in [0, 0.05) is 19.5 Å². The molecule has 0 aliphatic carbocycles. The quantitative estimate of drug-likeness (QED) is 0.298. The van der Waals surface area contributed by atoms with Crippen molar-refractivity contribution in [3.8, 4) is 0 Å². The van der Waals surface area contributed by atoms with Crippen molar-refractivity contribution in [2.45, 2.75) is 70.9 Å². The van der Waals surface area contributed by atoms with Crippen molar-refractivity contribution < 1.29 is 23.1 Å². The van der Waals surface area contributed by atoms with E-state index < -0.39 is 28.1 Å². The molecule has 2 rings (SSSR count). The largest absolute Gasteiger partial charge is 0.390 e. The maximum atomic E-state index is 13.7. The van der Waals surface area contributed by atoms with Gasteiger partial charge in [0.1, 0.15) is 0 Å². The molecule has 0 saturated carbocycles. The number of sulfonamides is 1. The summed E-state index contributed by atoms with van der Waals surface area (Å²) in [6.07, 6.45) is -0.386. The second kappa shape index (κ2) is 15.3. The fraction of sp³-hybridized carbons (Fsp3) is 0.533. The van der Waals surface area contributed by atoms with Crippen molar-refractivity contribution in [2.24, 2.45) is 11.3 Å². The molecule has 10 heteroatoms. The fourth-order valence-electron chi connectivity index (χ4n) is 4.24. The summed E-state index contributed by atoms with van der Waals surface area (Å²) < 4.78 is 28.6. The molecule has 0 unspecified atom stereocenters. The maximum Gasteiger partial charge on any atom is 0.252 e. The van der Waals surface area contributed by atoms with E-state index in [9.17, 15) is 23.1 Å². The highest BCUT2D eigenvalue weighted by Crippen LogP contribution is 2.24. The van der Waals surface area contributed by atoms with E-state index in [0.717, 1.165) is 5.56 Å². The Morgan fingerprint density at radius 3 is 2.08 bits per heavy atom. The second-order valence-electron chi connectivity index (χ2n) is 11.7. The highest BCUT2D eigenvalue weighted by Gasteiger charge is 2.36. The van der Waals surface area contributed by atoms with Crippen molar-refractivity contribution in [3.05, 3.63) is 66.2 Å². The number of hydrazine groups is 1. The summed E-state index contributed by atoms with van der Waals surface area (Å²) in [4.78, 5) is 26.4. The maximum absolute atomic E-state index is 13.7. The minimum atomic E-state index is -3.93. The average molecular weight is 575 g/mol. The smallest absolute Gasteiger partial charge is 0.252 e. The number of rotatable bonds is 14. The van der Waals surface area contributed by atoms with Crippen molar-refractivity contribution >= 4 is 21.8 Å². The third-order valence-corrected chi connectivity index (χ3v) is 8.20. The van der Waals surface area contributed by atoms with Crippen LogP contribution in [0, 0.1) is 11.3 Å². The van der Waals surface area contributed by atoms with E-state index in [4.69, 9.17) is 0 Å². The van der Waals surface area contributed by atoms with Gasteiger partial charge in [-0.2, -0.15) is 4.31 Å². The number of carbonyl (C=O) groups excluding carboxylic acids is 2. The predicted molar refractivity (Wildman–Crippen MR) is 158 cm³/mol. The molecule has 40 heavy (non-hydrogen) atoms. The van der Waals surface area contributed by atoms with Crippen molar-refractivity contribution in [1.29, 1.82) is 0 Å². The van der Waals surface area contributed by atoms with Gasteiger partial charge in [-0.3, -0.25) is 15.0 Å². The van der Waals surface area contributed by atoms with E-state index in [1.807, 2.05) is 65.0 Å². The van der Waals surface area contributed by atoms with Gasteiger partial charge in [-0.1, -0.05) is 83.1 Å². The third kappa shape index (κ3) is 10.6. The summed E-state index contributed by atoms with van der Waals surface area (Å²) in [7, 11) is -2.31. The molecule has 0 spiro atoms. The Morgan fingerprint density at radius 1 is 0.975 bits per heavy atom. The molecule has 0 aliphatic heterocycles. The first-order valence-corrected chi connectivity index (χ1v) is 15.2. The van der Waals surface area contributed by atoms with E-state index in [-0.39, 0.29) is 54.6 Å². The molecule has 2 amide bonds. The number of benzene rings is 2. The lowest BCUT2D eigenvalue weighted by molar-refractivity contribution is -0.149. The van der Waals surface area contributed by atoms with Gasteiger partial charge in [0.05, 0.1) is 23.6 Å². The highest BCUT2D eigenvalue weighted by molar-refractivity contribution is 7.89. The summed E-state index contributed by atoms with van der Waals surface area (Å²) >= 11 is 0. The molecule has 0 aromatic heterocycles. The molecule has 3 N–H and O–H groups in total. The minimum absolute atomic E-state index is 0.0314. The Bertz CT molecular complexity index is 1170. The number of nitrogens with zero attached hydrogens (tertiary/aromatic N) is 2. The van der Waals surface area contributed by atoms with Crippen molar-refractivity contribution in [3.63, 3.8) is 0 Å². The van der Waals surface area contributed by atoms with E-state index in [1.165, 1.54) is 21.4 Å². The van der Waals surface area contributed by atoms with Crippen LogP contribution >= 0.6 is 0 Å². The SMILES string of the molecule is CNCC(=O)NN(C(=O)CC(C)(C)C)[C@@H](Cc1ccccc1)[C@H](O)CN(CCC(C)C)S(=O)(=O)c1ccccc1. The number of hydrogen-bond acceptors (Lipinski definition) is 6. The van der Waals surface area contributed by atoms with Gasteiger partial charge >= 0.3 is 0 Å².